The van der Waals surface area contributed by atoms with E-state index in [-0.39, 0.29) is 0 Å². The van der Waals surface area contributed by atoms with Gasteiger partial charge in [-0.1, -0.05) is 53.5 Å². The number of hydrogen-bond donors (Lipinski definition) is 0. The predicted octanol–water partition coefficient (Wildman–Crippen LogP) is 6.61. The predicted molar refractivity (Wildman–Crippen MR) is 114 cm³/mol. The molecule has 2 aromatic carbocycles. The summed E-state index contributed by atoms with van der Waals surface area (Å²) in [4.78, 5) is 4.76. The maximum atomic E-state index is 6.30. The van der Waals surface area contributed by atoms with Gasteiger partial charge in [0.15, 0.2) is 5.65 Å². The molecule has 0 amide bonds. The fourth-order valence-electron chi connectivity index (χ4n) is 3.04. The summed E-state index contributed by atoms with van der Waals surface area (Å²) in [6.07, 6.45) is 0. The van der Waals surface area contributed by atoms with E-state index in [0.717, 1.165) is 49.5 Å². The maximum Gasteiger partial charge on any atom is 0.164 e. The molecule has 4 rings (SSSR count). The van der Waals surface area contributed by atoms with Gasteiger partial charge in [-0.3, -0.25) is 0 Å². The van der Waals surface area contributed by atoms with Crippen LogP contribution in [0.5, 0.6) is 0 Å². The number of fused-ring (bicyclic) bond motifs is 1. The zero-order valence-electron chi connectivity index (χ0n) is 14.9. The van der Waals surface area contributed by atoms with Crippen molar-refractivity contribution < 1.29 is 0 Å². The highest BCUT2D eigenvalue weighted by Crippen LogP contribution is 2.32. The molecule has 27 heavy (non-hydrogen) atoms. The zero-order valence-corrected chi connectivity index (χ0v) is 17.2. The smallest absolute Gasteiger partial charge is 0.164 e. The Balaban J connectivity index is 1.77. The van der Waals surface area contributed by atoms with Crippen LogP contribution in [0.3, 0.4) is 0 Å². The largest absolute Gasteiger partial charge is 0.233 e. The Hall–Kier alpha value is -2.01. The summed E-state index contributed by atoms with van der Waals surface area (Å²) in [5, 5.41) is 7.30. The fourth-order valence-corrected chi connectivity index (χ4v) is 4.50. The van der Waals surface area contributed by atoms with E-state index in [4.69, 9.17) is 33.3 Å². The Kier molecular flexibility index (Phi) is 5.13. The van der Waals surface area contributed by atoms with Gasteiger partial charge in [0.1, 0.15) is 5.03 Å². The van der Waals surface area contributed by atoms with Crippen LogP contribution in [0, 0.1) is 13.8 Å². The van der Waals surface area contributed by atoms with Crippen LogP contribution in [0.2, 0.25) is 10.0 Å². The first kappa shape index (κ1) is 18.4. The van der Waals surface area contributed by atoms with Crippen molar-refractivity contribution in [3.8, 4) is 11.1 Å². The van der Waals surface area contributed by atoms with Crippen molar-refractivity contribution in [2.24, 2.45) is 0 Å². The molecule has 0 aliphatic rings. The zero-order chi connectivity index (χ0) is 19.0. The Labute approximate surface area is 172 Å². The molecule has 0 N–H and O–H groups in total. The first-order chi connectivity index (χ1) is 13.0. The number of nitrogens with zero attached hydrogens (tertiary/aromatic N) is 3. The summed E-state index contributed by atoms with van der Waals surface area (Å²) in [5.41, 5.74) is 5.96. The van der Waals surface area contributed by atoms with Crippen LogP contribution in [0.25, 0.3) is 16.8 Å². The lowest BCUT2D eigenvalue weighted by molar-refractivity contribution is 0.821. The lowest BCUT2D eigenvalue weighted by atomic mass is 10.1. The molecule has 0 aliphatic carbocycles. The van der Waals surface area contributed by atoms with Crippen LogP contribution < -0.4 is 0 Å². The second-order valence-electron chi connectivity index (χ2n) is 6.32. The molecule has 2 heterocycles. The van der Waals surface area contributed by atoms with E-state index in [9.17, 15) is 0 Å². The van der Waals surface area contributed by atoms with Crippen molar-refractivity contribution in [2.75, 3.05) is 0 Å². The van der Waals surface area contributed by atoms with Gasteiger partial charge in [0.25, 0.3) is 0 Å². The lowest BCUT2D eigenvalue weighted by Gasteiger charge is -2.08. The topological polar surface area (TPSA) is 30.2 Å². The van der Waals surface area contributed by atoms with E-state index in [1.165, 1.54) is 0 Å². The minimum Gasteiger partial charge on any atom is -0.233 e. The minimum absolute atomic E-state index is 0.716. The molecule has 0 saturated heterocycles. The average Bonchev–Trinajstić information content (AvgIpc) is 2.97. The molecule has 0 unspecified atom stereocenters. The molecule has 0 radical (unpaired) electrons. The molecule has 0 saturated carbocycles. The number of aromatic nitrogens is 3. The quantitative estimate of drug-likeness (QED) is 0.278. The third-order valence-corrected chi connectivity index (χ3v) is 5.99. The van der Waals surface area contributed by atoms with Gasteiger partial charge in [0.2, 0.25) is 0 Å². The molecule has 4 aromatic rings. The third kappa shape index (κ3) is 3.70. The van der Waals surface area contributed by atoms with Crippen LogP contribution in [-0.4, -0.2) is 14.6 Å². The van der Waals surface area contributed by atoms with Gasteiger partial charge < -0.3 is 0 Å². The lowest BCUT2D eigenvalue weighted by Crippen LogP contribution is -1.98. The number of hydrogen-bond acceptors (Lipinski definition) is 3. The average molecular weight is 414 g/mol. The van der Waals surface area contributed by atoms with Gasteiger partial charge in [-0.05, 0) is 49.2 Å². The highest BCUT2D eigenvalue weighted by molar-refractivity contribution is 7.98. The Morgan fingerprint density at radius 2 is 1.74 bits per heavy atom. The third-order valence-electron chi connectivity index (χ3n) is 4.33. The second kappa shape index (κ2) is 7.55. The van der Waals surface area contributed by atoms with Crippen molar-refractivity contribution in [2.45, 2.75) is 24.6 Å². The molecule has 3 nitrogen and oxygen atoms in total. The van der Waals surface area contributed by atoms with Crippen molar-refractivity contribution >= 4 is 40.6 Å². The number of thioether (sulfide) groups is 1. The summed E-state index contributed by atoms with van der Waals surface area (Å²) in [6.45, 7) is 4.02. The standard InChI is InChI=1S/C21H17Cl2N3S/c1-13-11-19(27-12-16-5-3-4-6-18(16)23)26-21(24-13)20(14(2)25-26)15-7-9-17(22)10-8-15/h3-11H,12H2,1-2H3. The monoisotopic (exact) mass is 413 g/mol. The van der Waals surface area contributed by atoms with E-state index in [1.807, 2.05) is 66.9 Å². The summed E-state index contributed by atoms with van der Waals surface area (Å²) in [5.74, 6) is 0.771. The number of benzene rings is 2. The van der Waals surface area contributed by atoms with Gasteiger partial charge in [-0.15, -0.1) is 11.8 Å². The van der Waals surface area contributed by atoms with Crippen molar-refractivity contribution in [3.63, 3.8) is 0 Å². The molecular formula is C21H17Cl2N3S. The van der Waals surface area contributed by atoms with Crippen molar-refractivity contribution in [3.05, 3.63) is 81.6 Å². The van der Waals surface area contributed by atoms with Crippen molar-refractivity contribution in [1.29, 1.82) is 0 Å². The van der Waals surface area contributed by atoms with E-state index >= 15 is 0 Å². The van der Waals surface area contributed by atoms with Gasteiger partial charge >= 0.3 is 0 Å². The normalized spacial score (nSPS) is 11.3. The Morgan fingerprint density at radius 3 is 2.48 bits per heavy atom. The number of rotatable bonds is 4. The summed E-state index contributed by atoms with van der Waals surface area (Å²) in [6, 6.07) is 17.8. The van der Waals surface area contributed by atoms with E-state index < -0.39 is 0 Å². The molecule has 0 spiro atoms. The first-order valence-electron chi connectivity index (χ1n) is 8.52. The highest BCUT2D eigenvalue weighted by atomic mass is 35.5. The van der Waals surface area contributed by atoms with E-state index in [1.54, 1.807) is 11.8 Å². The molecule has 0 bridgehead atoms. The summed E-state index contributed by atoms with van der Waals surface area (Å²) >= 11 is 14.1. The first-order valence-corrected chi connectivity index (χ1v) is 10.3. The van der Waals surface area contributed by atoms with Crippen LogP contribution >= 0.6 is 35.0 Å². The summed E-state index contributed by atoms with van der Waals surface area (Å²) < 4.78 is 1.92. The maximum absolute atomic E-state index is 6.30. The van der Waals surface area contributed by atoms with E-state index in [2.05, 4.69) is 6.07 Å². The van der Waals surface area contributed by atoms with Crippen LogP contribution in [-0.2, 0) is 5.75 Å². The molecule has 136 valence electrons. The molecule has 0 atom stereocenters. The SMILES string of the molecule is Cc1cc(SCc2ccccc2Cl)n2nc(C)c(-c3ccc(Cl)cc3)c2n1. The van der Waals surface area contributed by atoms with Gasteiger partial charge in [-0.2, -0.15) is 5.10 Å². The van der Waals surface area contributed by atoms with Crippen molar-refractivity contribution in [1.82, 2.24) is 14.6 Å². The number of halogens is 2. The molecule has 6 heteroatoms. The second-order valence-corrected chi connectivity index (χ2v) is 8.16. The minimum atomic E-state index is 0.716. The van der Waals surface area contributed by atoms with Crippen LogP contribution in [0.1, 0.15) is 17.0 Å². The summed E-state index contributed by atoms with van der Waals surface area (Å²) in [7, 11) is 0. The Bertz CT molecular complexity index is 1120. The number of aryl methyl sites for hydroxylation is 2. The molecule has 0 fully saturated rings. The van der Waals surface area contributed by atoms with Gasteiger partial charge in [-0.25, -0.2) is 9.50 Å². The fraction of sp³-hybridized carbons (Fsp3) is 0.143. The van der Waals surface area contributed by atoms with Gasteiger partial charge in [0, 0.05) is 27.1 Å². The molecule has 0 aliphatic heterocycles. The van der Waals surface area contributed by atoms with Crippen LogP contribution in [0.15, 0.2) is 59.6 Å². The Morgan fingerprint density at radius 1 is 1.00 bits per heavy atom. The molecule has 2 aromatic heterocycles. The van der Waals surface area contributed by atoms with Crippen LogP contribution in [0.4, 0.5) is 0 Å². The van der Waals surface area contributed by atoms with Gasteiger partial charge in [0.05, 0.1) is 5.69 Å². The highest BCUT2D eigenvalue weighted by Gasteiger charge is 2.16. The van der Waals surface area contributed by atoms with E-state index in [0.29, 0.717) is 5.02 Å². The molecular weight excluding hydrogens is 397 g/mol.